The zero-order valence-corrected chi connectivity index (χ0v) is 21.7. The number of nitrogens with zero attached hydrogens (tertiary/aromatic N) is 2. The monoisotopic (exact) mass is 501 g/mol. The van der Waals surface area contributed by atoms with Gasteiger partial charge in [-0.3, -0.25) is 9.78 Å². The first-order chi connectivity index (χ1) is 17.2. The van der Waals surface area contributed by atoms with Crippen molar-refractivity contribution < 1.29 is 28.6 Å². The van der Waals surface area contributed by atoms with Gasteiger partial charge in [0.2, 0.25) is 5.91 Å². The van der Waals surface area contributed by atoms with E-state index >= 15 is 0 Å². The highest BCUT2D eigenvalue weighted by Gasteiger charge is 2.44. The first-order valence-electron chi connectivity index (χ1n) is 13.2. The van der Waals surface area contributed by atoms with Crippen molar-refractivity contribution in [1.29, 1.82) is 0 Å². The van der Waals surface area contributed by atoms with E-state index in [2.05, 4.69) is 17.4 Å². The van der Waals surface area contributed by atoms with Crippen LogP contribution >= 0.6 is 0 Å². The van der Waals surface area contributed by atoms with Gasteiger partial charge in [-0.2, -0.15) is 0 Å². The van der Waals surface area contributed by atoms with Crippen LogP contribution in [0.5, 0.6) is 0 Å². The first kappa shape index (κ1) is 26.4. The van der Waals surface area contributed by atoms with Gasteiger partial charge in [-0.05, 0) is 75.8 Å². The third-order valence-corrected chi connectivity index (χ3v) is 7.61. The van der Waals surface area contributed by atoms with Crippen LogP contribution in [0, 0.1) is 5.92 Å². The number of carbonyl (C=O) groups excluding carboxylic acids is 3. The summed E-state index contributed by atoms with van der Waals surface area (Å²) in [6.45, 7) is 4.26. The van der Waals surface area contributed by atoms with Gasteiger partial charge < -0.3 is 24.4 Å². The number of ether oxygens (including phenoxy) is 3. The van der Waals surface area contributed by atoms with Crippen molar-refractivity contribution in [3.05, 3.63) is 29.1 Å². The zero-order chi connectivity index (χ0) is 25.7. The molecule has 0 radical (unpaired) electrons. The molecule has 2 heterocycles. The highest BCUT2D eigenvalue weighted by molar-refractivity contribution is 5.81. The molecule has 1 aromatic heterocycles. The van der Waals surface area contributed by atoms with Crippen LogP contribution < -0.4 is 5.32 Å². The van der Waals surface area contributed by atoms with E-state index in [-0.39, 0.29) is 12.0 Å². The van der Waals surface area contributed by atoms with E-state index in [1.54, 1.807) is 11.8 Å². The number of aryl methyl sites for hydroxylation is 3. The largest absolute Gasteiger partial charge is 0.467 e. The van der Waals surface area contributed by atoms with Crippen LogP contribution in [0.1, 0.15) is 69.3 Å². The maximum Gasteiger partial charge on any atom is 0.408 e. The molecule has 1 atom stereocenters. The van der Waals surface area contributed by atoms with Crippen LogP contribution in [0.4, 0.5) is 4.79 Å². The molecule has 0 spiro atoms. The van der Waals surface area contributed by atoms with Crippen LogP contribution in [0.2, 0.25) is 0 Å². The fourth-order valence-corrected chi connectivity index (χ4v) is 5.35. The lowest BCUT2D eigenvalue weighted by Gasteiger charge is -2.46. The second-order valence-electron chi connectivity index (χ2n) is 10.7. The molecule has 1 aromatic rings. The predicted octanol–water partition coefficient (Wildman–Crippen LogP) is 2.97. The number of esters is 1. The molecule has 1 aliphatic heterocycles. The lowest BCUT2D eigenvalue weighted by atomic mass is 9.79. The van der Waals surface area contributed by atoms with Crippen LogP contribution in [-0.2, 0) is 43.1 Å². The third-order valence-electron chi connectivity index (χ3n) is 7.61. The summed E-state index contributed by atoms with van der Waals surface area (Å²) in [4.78, 5) is 42.3. The SMILES string of the molecule is COC(=O)C(CCOC1CC(CCc2ccc3c(n2)CCCC3)C1)NC(=O)OC1(C)CN(C(C)=O)C1. The maximum absolute atomic E-state index is 12.3. The van der Waals surface area contributed by atoms with Crippen molar-refractivity contribution in [3.8, 4) is 0 Å². The molecule has 1 unspecified atom stereocenters. The van der Waals surface area contributed by atoms with E-state index < -0.39 is 23.7 Å². The highest BCUT2D eigenvalue weighted by atomic mass is 16.6. The molecular formula is C27H39N3O6. The molecule has 2 aliphatic carbocycles. The van der Waals surface area contributed by atoms with Crippen LogP contribution in [0.25, 0.3) is 0 Å². The highest BCUT2D eigenvalue weighted by Crippen LogP contribution is 2.34. The molecule has 198 valence electrons. The summed E-state index contributed by atoms with van der Waals surface area (Å²) in [5, 5.41) is 2.59. The number of pyridine rings is 1. The lowest BCUT2D eigenvalue weighted by molar-refractivity contribution is -0.151. The number of fused-ring (bicyclic) bond motifs is 1. The summed E-state index contributed by atoms with van der Waals surface area (Å²) in [7, 11) is 1.29. The Hall–Kier alpha value is -2.68. The minimum absolute atomic E-state index is 0.0606. The number of methoxy groups -OCH3 is 1. The molecule has 1 saturated carbocycles. The Labute approximate surface area is 213 Å². The van der Waals surface area contributed by atoms with Gasteiger partial charge in [0.1, 0.15) is 11.6 Å². The molecule has 9 nitrogen and oxygen atoms in total. The van der Waals surface area contributed by atoms with E-state index in [0.29, 0.717) is 32.0 Å². The zero-order valence-electron chi connectivity index (χ0n) is 21.7. The second kappa shape index (κ2) is 11.6. The average Bonchev–Trinajstić information content (AvgIpc) is 2.81. The first-order valence-corrected chi connectivity index (χ1v) is 13.2. The van der Waals surface area contributed by atoms with Gasteiger partial charge in [0.25, 0.3) is 0 Å². The number of likely N-dealkylation sites (tertiary alicyclic amines) is 1. The van der Waals surface area contributed by atoms with Gasteiger partial charge >= 0.3 is 12.1 Å². The Kier molecular flexibility index (Phi) is 8.49. The third kappa shape index (κ3) is 6.75. The molecule has 1 saturated heterocycles. The number of alkyl carbamates (subject to hydrolysis) is 1. The summed E-state index contributed by atoms with van der Waals surface area (Å²) in [6.07, 6.45) is 8.72. The topological polar surface area (TPSA) is 107 Å². The number of carbonyl (C=O) groups is 3. The smallest absolute Gasteiger partial charge is 0.408 e. The molecule has 9 heteroatoms. The molecule has 0 aromatic carbocycles. The van der Waals surface area contributed by atoms with Crippen molar-refractivity contribution in [2.24, 2.45) is 5.92 Å². The van der Waals surface area contributed by atoms with Gasteiger partial charge in [-0.25, -0.2) is 9.59 Å². The van der Waals surface area contributed by atoms with Crippen LogP contribution in [0.3, 0.4) is 0 Å². The van der Waals surface area contributed by atoms with E-state index in [1.165, 1.54) is 43.8 Å². The Bertz CT molecular complexity index is 955. The maximum atomic E-state index is 12.3. The van der Waals surface area contributed by atoms with Crippen LogP contribution in [-0.4, -0.2) is 72.4 Å². The predicted molar refractivity (Wildman–Crippen MR) is 132 cm³/mol. The number of amides is 2. The summed E-state index contributed by atoms with van der Waals surface area (Å²) < 4.78 is 16.2. The van der Waals surface area contributed by atoms with E-state index in [9.17, 15) is 14.4 Å². The molecule has 4 rings (SSSR count). The molecule has 2 amide bonds. The Morgan fingerprint density at radius 3 is 2.67 bits per heavy atom. The van der Waals surface area contributed by atoms with Gasteiger partial charge in [-0.1, -0.05) is 6.07 Å². The van der Waals surface area contributed by atoms with Gasteiger partial charge in [0.05, 0.1) is 26.3 Å². The summed E-state index contributed by atoms with van der Waals surface area (Å²) >= 11 is 0. The number of aromatic nitrogens is 1. The lowest BCUT2D eigenvalue weighted by Crippen LogP contribution is -2.64. The molecule has 36 heavy (non-hydrogen) atoms. The molecule has 3 aliphatic rings. The van der Waals surface area contributed by atoms with Crippen molar-refractivity contribution >= 4 is 18.0 Å². The minimum Gasteiger partial charge on any atom is -0.467 e. The van der Waals surface area contributed by atoms with E-state index in [0.717, 1.165) is 38.5 Å². The Balaban J connectivity index is 1.13. The van der Waals surface area contributed by atoms with Crippen molar-refractivity contribution in [2.75, 3.05) is 26.8 Å². The fraction of sp³-hybridized carbons (Fsp3) is 0.704. The normalized spacial score (nSPS) is 22.9. The Morgan fingerprint density at radius 1 is 1.19 bits per heavy atom. The van der Waals surface area contributed by atoms with Crippen molar-refractivity contribution in [2.45, 2.75) is 89.4 Å². The number of hydrogen-bond acceptors (Lipinski definition) is 7. The quantitative estimate of drug-likeness (QED) is 0.491. The van der Waals surface area contributed by atoms with E-state index in [1.807, 2.05) is 0 Å². The molecular weight excluding hydrogens is 462 g/mol. The van der Waals surface area contributed by atoms with Crippen molar-refractivity contribution in [1.82, 2.24) is 15.2 Å². The number of rotatable bonds is 10. The molecule has 0 bridgehead atoms. The summed E-state index contributed by atoms with van der Waals surface area (Å²) in [6, 6.07) is 3.60. The minimum atomic E-state index is -0.846. The van der Waals surface area contributed by atoms with Crippen molar-refractivity contribution in [3.63, 3.8) is 0 Å². The number of hydrogen-bond donors (Lipinski definition) is 1. The molecule has 2 fully saturated rings. The standard InChI is InChI=1S/C27H39N3O6/c1-18(31)30-16-27(2,17-30)36-26(33)29-24(25(32)34-3)12-13-35-22-14-19(15-22)8-10-21-11-9-20-6-4-5-7-23(20)28-21/h9,11,19,22,24H,4-8,10,12-17H2,1-3H3,(H,29,33). The van der Waals surface area contributed by atoms with Crippen LogP contribution in [0.15, 0.2) is 12.1 Å². The van der Waals surface area contributed by atoms with Gasteiger partial charge in [-0.15, -0.1) is 0 Å². The molecule has 1 N–H and O–H groups in total. The summed E-state index contributed by atoms with van der Waals surface area (Å²) in [5.74, 6) is 0.0356. The van der Waals surface area contributed by atoms with Gasteiger partial charge in [0.15, 0.2) is 0 Å². The Morgan fingerprint density at radius 2 is 1.94 bits per heavy atom. The van der Waals surface area contributed by atoms with E-state index in [4.69, 9.17) is 19.2 Å². The second-order valence-corrected chi connectivity index (χ2v) is 10.7. The fourth-order valence-electron chi connectivity index (χ4n) is 5.35. The number of nitrogens with one attached hydrogen (secondary N) is 1. The summed E-state index contributed by atoms with van der Waals surface area (Å²) in [5.41, 5.74) is 3.17. The van der Waals surface area contributed by atoms with Gasteiger partial charge in [0, 0.05) is 31.3 Å². The average molecular weight is 502 g/mol.